The summed E-state index contributed by atoms with van der Waals surface area (Å²) in [7, 11) is 2.18. The summed E-state index contributed by atoms with van der Waals surface area (Å²) in [5, 5.41) is 5.70. The number of benzene rings is 1. The van der Waals surface area contributed by atoms with Crippen LogP contribution in [0.15, 0.2) is 35.7 Å². The topological polar surface area (TPSA) is 15.3 Å². The summed E-state index contributed by atoms with van der Waals surface area (Å²) in [5.41, 5.74) is 4.03. The third kappa shape index (κ3) is 4.87. The maximum atomic E-state index is 3.56. The lowest BCUT2D eigenvalue weighted by Crippen LogP contribution is -2.22. The highest BCUT2D eigenvalue weighted by molar-refractivity contribution is 7.09. The molecule has 2 rings (SSSR count). The smallest absolute Gasteiger partial charge is 0.0519 e. The maximum absolute atomic E-state index is 3.56. The van der Waals surface area contributed by atoms with Crippen molar-refractivity contribution in [2.75, 3.05) is 18.5 Å². The maximum Gasteiger partial charge on any atom is 0.0519 e. The number of nitrogens with zero attached hydrogens (tertiary/aromatic N) is 1. The Morgan fingerprint density at radius 3 is 2.71 bits per heavy atom. The predicted octanol–water partition coefficient (Wildman–Crippen LogP) is 4.44. The van der Waals surface area contributed by atoms with Gasteiger partial charge in [0.1, 0.15) is 0 Å². The Hall–Kier alpha value is -1.32. The van der Waals surface area contributed by atoms with Crippen molar-refractivity contribution < 1.29 is 0 Å². The van der Waals surface area contributed by atoms with Gasteiger partial charge in [-0.25, -0.2) is 0 Å². The zero-order valence-electron chi connectivity index (χ0n) is 13.5. The molecular formula is C18H26N2S. The molecule has 3 heteroatoms. The van der Waals surface area contributed by atoms with Gasteiger partial charge in [-0.2, -0.15) is 0 Å². The second-order valence-corrected chi connectivity index (χ2v) is 7.12. The summed E-state index contributed by atoms with van der Waals surface area (Å²) in [4.78, 5) is 3.75. The van der Waals surface area contributed by atoms with Crippen LogP contribution in [0.2, 0.25) is 0 Å². The SMILES string of the molecule is Cc1ccc(N(C)Cc2cccs2)c(CNCC(C)C)c1. The van der Waals surface area contributed by atoms with Crippen LogP contribution in [0.3, 0.4) is 0 Å². The van der Waals surface area contributed by atoms with Crippen molar-refractivity contribution in [3.05, 3.63) is 51.7 Å². The van der Waals surface area contributed by atoms with Crippen molar-refractivity contribution >= 4 is 17.0 Å². The van der Waals surface area contributed by atoms with Gasteiger partial charge >= 0.3 is 0 Å². The number of hydrogen-bond donors (Lipinski definition) is 1. The molecule has 114 valence electrons. The lowest BCUT2D eigenvalue weighted by Gasteiger charge is -2.23. The first-order valence-corrected chi connectivity index (χ1v) is 8.48. The largest absolute Gasteiger partial charge is 0.369 e. The molecule has 0 saturated carbocycles. The van der Waals surface area contributed by atoms with Crippen molar-refractivity contribution in [1.82, 2.24) is 5.32 Å². The Labute approximate surface area is 132 Å². The van der Waals surface area contributed by atoms with Gasteiger partial charge in [0.15, 0.2) is 0 Å². The lowest BCUT2D eigenvalue weighted by molar-refractivity contribution is 0.552. The Bertz CT molecular complexity index is 546. The second-order valence-electron chi connectivity index (χ2n) is 6.09. The summed E-state index contributed by atoms with van der Waals surface area (Å²) >= 11 is 1.82. The Morgan fingerprint density at radius 1 is 1.24 bits per heavy atom. The van der Waals surface area contributed by atoms with Crippen LogP contribution in [-0.4, -0.2) is 13.6 Å². The molecule has 2 nitrogen and oxygen atoms in total. The van der Waals surface area contributed by atoms with Gasteiger partial charge < -0.3 is 10.2 Å². The molecule has 0 spiro atoms. The molecule has 1 aromatic heterocycles. The van der Waals surface area contributed by atoms with E-state index in [2.05, 4.69) is 73.7 Å². The fourth-order valence-corrected chi connectivity index (χ4v) is 3.20. The molecule has 0 bridgehead atoms. The first-order valence-electron chi connectivity index (χ1n) is 7.60. The minimum atomic E-state index is 0.683. The highest BCUT2D eigenvalue weighted by Gasteiger charge is 2.09. The molecule has 0 amide bonds. The van der Waals surface area contributed by atoms with E-state index in [-0.39, 0.29) is 0 Å². The van der Waals surface area contributed by atoms with Crippen LogP contribution >= 0.6 is 11.3 Å². The molecule has 0 aliphatic carbocycles. The zero-order valence-corrected chi connectivity index (χ0v) is 14.3. The van der Waals surface area contributed by atoms with Crippen LogP contribution in [0, 0.1) is 12.8 Å². The molecule has 0 unspecified atom stereocenters. The van der Waals surface area contributed by atoms with E-state index >= 15 is 0 Å². The Morgan fingerprint density at radius 2 is 2.05 bits per heavy atom. The fourth-order valence-electron chi connectivity index (χ4n) is 2.45. The van der Waals surface area contributed by atoms with Crippen LogP contribution in [0.1, 0.15) is 29.9 Å². The van der Waals surface area contributed by atoms with Crippen LogP contribution < -0.4 is 10.2 Å². The summed E-state index contributed by atoms with van der Waals surface area (Å²) in [5.74, 6) is 0.683. The van der Waals surface area contributed by atoms with E-state index < -0.39 is 0 Å². The monoisotopic (exact) mass is 302 g/mol. The van der Waals surface area contributed by atoms with Gasteiger partial charge in [-0.05, 0) is 42.5 Å². The lowest BCUT2D eigenvalue weighted by atomic mass is 10.1. The van der Waals surface area contributed by atoms with Crippen molar-refractivity contribution in [1.29, 1.82) is 0 Å². The molecule has 1 heterocycles. The molecule has 1 aromatic carbocycles. The number of rotatable bonds is 7. The molecule has 0 fully saturated rings. The molecule has 21 heavy (non-hydrogen) atoms. The molecular weight excluding hydrogens is 276 g/mol. The molecule has 0 aliphatic rings. The normalized spacial score (nSPS) is 11.1. The number of nitrogens with one attached hydrogen (secondary N) is 1. The number of anilines is 1. The van der Waals surface area contributed by atoms with E-state index in [0.717, 1.165) is 19.6 Å². The standard InChI is InChI=1S/C18H26N2S/c1-14(2)11-19-12-16-10-15(3)7-8-18(16)20(4)13-17-6-5-9-21-17/h5-10,14,19H,11-13H2,1-4H3. The minimum absolute atomic E-state index is 0.683. The summed E-state index contributed by atoms with van der Waals surface area (Å²) in [6.45, 7) is 9.61. The van der Waals surface area contributed by atoms with Gasteiger partial charge in [0.05, 0.1) is 6.54 Å². The average Bonchev–Trinajstić information content (AvgIpc) is 2.91. The van der Waals surface area contributed by atoms with Crippen LogP contribution in [-0.2, 0) is 13.1 Å². The Kier molecular flexibility index (Phi) is 5.83. The highest BCUT2D eigenvalue weighted by Crippen LogP contribution is 2.23. The third-order valence-corrected chi connectivity index (χ3v) is 4.35. The molecule has 1 N–H and O–H groups in total. The predicted molar refractivity (Wildman–Crippen MR) is 94.1 cm³/mol. The van der Waals surface area contributed by atoms with Crippen LogP contribution in [0.25, 0.3) is 0 Å². The van der Waals surface area contributed by atoms with E-state index in [1.165, 1.54) is 21.7 Å². The zero-order chi connectivity index (χ0) is 15.2. The molecule has 0 atom stereocenters. The van der Waals surface area contributed by atoms with Gasteiger partial charge in [0.2, 0.25) is 0 Å². The van der Waals surface area contributed by atoms with Gasteiger partial charge in [-0.3, -0.25) is 0 Å². The van der Waals surface area contributed by atoms with Crippen molar-refractivity contribution in [2.24, 2.45) is 5.92 Å². The molecule has 0 aliphatic heterocycles. The number of thiophene rings is 1. The van der Waals surface area contributed by atoms with Crippen LogP contribution in [0.5, 0.6) is 0 Å². The third-order valence-electron chi connectivity index (χ3n) is 3.49. The van der Waals surface area contributed by atoms with Crippen molar-refractivity contribution in [3.63, 3.8) is 0 Å². The Balaban J connectivity index is 2.09. The first kappa shape index (κ1) is 16.1. The average molecular weight is 302 g/mol. The van der Waals surface area contributed by atoms with E-state index in [1.807, 2.05) is 11.3 Å². The van der Waals surface area contributed by atoms with E-state index in [0.29, 0.717) is 5.92 Å². The van der Waals surface area contributed by atoms with E-state index in [1.54, 1.807) is 0 Å². The highest BCUT2D eigenvalue weighted by atomic mass is 32.1. The fraction of sp³-hybridized carbons (Fsp3) is 0.444. The molecule has 0 radical (unpaired) electrons. The second kappa shape index (κ2) is 7.62. The number of hydrogen-bond acceptors (Lipinski definition) is 3. The first-order chi connectivity index (χ1) is 10.1. The van der Waals surface area contributed by atoms with E-state index in [4.69, 9.17) is 0 Å². The van der Waals surface area contributed by atoms with Crippen molar-refractivity contribution in [2.45, 2.75) is 33.9 Å². The van der Waals surface area contributed by atoms with E-state index in [9.17, 15) is 0 Å². The summed E-state index contributed by atoms with van der Waals surface area (Å²) in [6, 6.07) is 11.1. The summed E-state index contributed by atoms with van der Waals surface area (Å²) in [6.07, 6.45) is 0. The van der Waals surface area contributed by atoms with Gasteiger partial charge in [-0.15, -0.1) is 11.3 Å². The van der Waals surface area contributed by atoms with Crippen molar-refractivity contribution in [3.8, 4) is 0 Å². The number of aryl methyl sites for hydroxylation is 1. The molecule has 2 aromatic rings. The summed E-state index contributed by atoms with van der Waals surface area (Å²) < 4.78 is 0. The quantitative estimate of drug-likeness (QED) is 0.813. The molecule has 0 saturated heterocycles. The minimum Gasteiger partial charge on any atom is -0.369 e. The van der Waals surface area contributed by atoms with Gasteiger partial charge in [0, 0.05) is 24.2 Å². The van der Waals surface area contributed by atoms with Crippen LogP contribution in [0.4, 0.5) is 5.69 Å². The van der Waals surface area contributed by atoms with Gasteiger partial charge in [0.25, 0.3) is 0 Å². The van der Waals surface area contributed by atoms with Gasteiger partial charge in [-0.1, -0.05) is 37.6 Å².